The number of benzene rings is 1. The predicted octanol–water partition coefficient (Wildman–Crippen LogP) is 2.15. The Kier molecular flexibility index (Phi) is 5.40. The molecule has 0 fully saturated rings. The Morgan fingerprint density at radius 2 is 1.94 bits per heavy atom. The molecule has 88 valence electrons. The molecule has 0 aliphatic heterocycles. The van der Waals surface area contributed by atoms with Gasteiger partial charge in [0, 0.05) is 6.54 Å². The van der Waals surface area contributed by atoms with Gasteiger partial charge in [0.05, 0.1) is 13.0 Å². The fourth-order valence-electron chi connectivity index (χ4n) is 1.37. The van der Waals surface area contributed by atoms with Crippen molar-refractivity contribution in [2.75, 3.05) is 13.2 Å². The lowest BCUT2D eigenvalue weighted by molar-refractivity contribution is -0.121. The molecule has 1 rings (SSSR count). The van der Waals surface area contributed by atoms with Crippen LogP contribution in [0.2, 0.25) is 0 Å². The van der Waals surface area contributed by atoms with Gasteiger partial charge in [0.1, 0.15) is 5.75 Å². The molecule has 3 heteroatoms. The van der Waals surface area contributed by atoms with E-state index in [0.717, 1.165) is 12.2 Å². The maximum Gasteiger partial charge on any atom is 0.223 e. The van der Waals surface area contributed by atoms with Crippen LogP contribution in [-0.4, -0.2) is 19.1 Å². The first kappa shape index (κ1) is 12.6. The first-order valence-corrected chi connectivity index (χ1v) is 5.74. The summed E-state index contributed by atoms with van der Waals surface area (Å²) in [6, 6.07) is 7.97. The molecule has 0 saturated carbocycles. The van der Waals surface area contributed by atoms with Crippen LogP contribution < -0.4 is 10.1 Å². The van der Waals surface area contributed by atoms with Crippen LogP contribution in [0.25, 0.3) is 0 Å². The normalized spacial score (nSPS) is 9.88. The largest absolute Gasteiger partial charge is 0.493 e. The van der Waals surface area contributed by atoms with E-state index < -0.39 is 0 Å². The molecule has 1 aromatic carbocycles. The standard InChI is InChI=1S/C13H19NO2/c1-3-11-5-7-12(8-6-11)16-10-9-13(15)14-4-2/h5-8H,3-4,9-10H2,1-2H3,(H,14,15). The lowest BCUT2D eigenvalue weighted by atomic mass is 10.2. The monoisotopic (exact) mass is 221 g/mol. The lowest BCUT2D eigenvalue weighted by Gasteiger charge is -2.06. The molecule has 0 radical (unpaired) electrons. The fraction of sp³-hybridized carbons (Fsp3) is 0.462. The second-order valence-electron chi connectivity index (χ2n) is 3.55. The van der Waals surface area contributed by atoms with Crippen LogP contribution in [0.15, 0.2) is 24.3 Å². The molecular weight excluding hydrogens is 202 g/mol. The summed E-state index contributed by atoms with van der Waals surface area (Å²) in [6.45, 7) is 5.12. The van der Waals surface area contributed by atoms with E-state index in [1.54, 1.807) is 0 Å². The molecule has 0 aromatic heterocycles. The highest BCUT2D eigenvalue weighted by atomic mass is 16.5. The summed E-state index contributed by atoms with van der Waals surface area (Å²) in [7, 11) is 0. The third kappa shape index (κ3) is 4.34. The summed E-state index contributed by atoms with van der Waals surface area (Å²) in [5.74, 6) is 0.856. The van der Waals surface area contributed by atoms with Gasteiger partial charge in [0.2, 0.25) is 5.91 Å². The molecule has 1 amide bonds. The van der Waals surface area contributed by atoms with Gasteiger partial charge in [0.15, 0.2) is 0 Å². The van der Waals surface area contributed by atoms with Gasteiger partial charge in [-0.25, -0.2) is 0 Å². The molecule has 1 aromatic rings. The van der Waals surface area contributed by atoms with E-state index in [9.17, 15) is 4.79 Å². The van der Waals surface area contributed by atoms with E-state index in [1.165, 1.54) is 5.56 Å². The minimum Gasteiger partial charge on any atom is -0.493 e. The Labute approximate surface area is 96.8 Å². The topological polar surface area (TPSA) is 38.3 Å². The molecule has 0 spiro atoms. The quantitative estimate of drug-likeness (QED) is 0.799. The number of carbonyl (C=O) groups is 1. The van der Waals surface area contributed by atoms with Crippen LogP contribution in [-0.2, 0) is 11.2 Å². The smallest absolute Gasteiger partial charge is 0.223 e. The summed E-state index contributed by atoms with van der Waals surface area (Å²) in [5.41, 5.74) is 1.29. The van der Waals surface area contributed by atoms with Gasteiger partial charge in [-0.15, -0.1) is 0 Å². The highest BCUT2D eigenvalue weighted by Crippen LogP contribution is 2.12. The van der Waals surface area contributed by atoms with Crippen molar-refractivity contribution in [2.45, 2.75) is 26.7 Å². The molecule has 0 unspecified atom stereocenters. The van der Waals surface area contributed by atoms with Crippen molar-refractivity contribution in [3.8, 4) is 5.75 Å². The number of amides is 1. The Balaban J connectivity index is 2.29. The van der Waals surface area contributed by atoms with Gasteiger partial charge < -0.3 is 10.1 Å². The highest BCUT2D eigenvalue weighted by Gasteiger charge is 1.99. The summed E-state index contributed by atoms with van der Waals surface area (Å²) in [4.78, 5) is 11.1. The van der Waals surface area contributed by atoms with Gasteiger partial charge >= 0.3 is 0 Å². The molecule has 0 bridgehead atoms. The Hall–Kier alpha value is -1.51. The van der Waals surface area contributed by atoms with E-state index >= 15 is 0 Å². The minimum absolute atomic E-state index is 0.0349. The van der Waals surface area contributed by atoms with Gasteiger partial charge in [-0.3, -0.25) is 4.79 Å². The number of aryl methyl sites for hydroxylation is 1. The van der Waals surface area contributed by atoms with Gasteiger partial charge in [-0.2, -0.15) is 0 Å². The number of ether oxygens (including phenoxy) is 1. The van der Waals surface area contributed by atoms with E-state index in [4.69, 9.17) is 4.74 Å². The first-order valence-electron chi connectivity index (χ1n) is 5.74. The number of hydrogen-bond donors (Lipinski definition) is 1. The number of rotatable bonds is 6. The minimum atomic E-state index is 0.0349. The van der Waals surface area contributed by atoms with Gasteiger partial charge in [-0.05, 0) is 31.0 Å². The van der Waals surface area contributed by atoms with Crippen LogP contribution in [0, 0.1) is 0 Å². The Morgan fingerprint density at radius 3 is 2.50 bits per heavy atom. The van der Waals surface area contributed by atoms with E-state index in [2.05, 4.69) is 12.2 Å². The fourth-order valence-corrected chi connectivity index (χ4v) is 1.37. The number of nitrogens with one attached hydrogen (secondary N) is 1. The van der Waals surface area contributed by atoms with Crippen LogP contribution in [0.4, 0.5) is 0 Å². The van der Waals surface area contributed by atoms with E-state index in [1.807, 2.05) is 31.2 Å². The summed E-state index contributed by atoms with van der Waals surface area (Å²) >= 11 is 0. The zero-order valence-corrected chi connectivity index (χ0v) is 9.95. The zero-order chi connectivity index (χ0) is 11.8. The first-order chi connectivity index (χ1) is 7.76. The molecule has 0 saturated heterocycles. The third-order valence-corrected chi connectivity index (χ3v) is 2.30. The molecule has 3 nitrogen and oxygen atoms in total. The maximum absolute atomic E-state index is 11.1. The van der Waals surface area contributed by atoms with E-state index in [-0.39, 0.29) is 5.91 Å². The van der Waals surface area contributed by atoms with Crippen LogP contribution >= 0.6 is 0 Å². The predicted molar refractivity (Wildman–Crippen MR) is 64.6 cm³/mol. The van der Waals surface area contributed by atoms with Crippen molar-refractivity contribution in [3.63, 3.8) is 0 Å². The molecule has 1 N–H and O–H groups in total. The maximum atomic E-state index is 11.1. The van der Waals surface area contributed by atoms with Gasteiger partial charge in [-0.1, -0.05) is 19.1 Å². The molecular formula is C13H19NO2. The second kappa shape index (κ2) is 6.88. The van der Waals surface area contributed by atoms with Crippen molar-refractivity contribution in [3.05, 3.63) is 29.8 Å². The average molecular weight is 221 g/mol. The van der Waals surface area contributed by atoms with E-state index in [0.29, 0.717) is 19.6 Å². The Bertz CT molecular complexity index is 319. The second-order valence-corrected chi connectivity index (χ2v) is 3.55. The number of hydrogen-bond acceptors (Lipinski definition) is 2. The van der Waals surface area contributed by atoms with Crippen molar-refractivity contribution < 1.29 is 9.53 Å². The summed E-state index contributed by atoms with van der Waals surface area (Å²) < 4.78 is 5.46. The Morgan fingerprint density at radius 1 is 1.25 bits per heavy atom. The molecule has 0 aliphatic carbocycles. The zero-order valence-electron chi connectivity index (χ0n) is 9.95. The molecule has 0 atom stereocenters. The van der Waals surface area contributed by atoms with Crippen molar-refractivity contribution in [2.24, 2.45) is 0 Å². The molecule has 16 heavy (non-hydrogen) atoms. The van der Waals surface area contributed by atoms with Crippen molar-refractivity contribution in [1.29, 1.82) is 0 Å². The summed E-state index contributed by atoms with van der Waals surface area (Å²) in [6.07, 6.45) is 1.43. The SMILES string of the molecule is CCNC(=O)CCOc1ccc(CC)cc1. The number of carbonyl (C=O) groups excluding carboxylic acids is 1. The average Bonchev–Trinajstić information content (AvgIpc) is 2.30. The van der Waals surface area contributed by atoms with Crippen LogP contribution in [0.1, 0.15) is 25.8 Å². The third-order valence-electron chi connectivity index (χ3n) is 2.30. The van der Waals surface area contributed by atoms with Crippen LogP contribution in [0.5, 0.6) is 5.75 Å². The lowest BCUT2D eigenvalue weighted by Crippen LogP contribution is -2.24. The van der Waals surface area contributed by atoms with Gasteiger partial charge in [0.25, 0.3) is 0 Å². The highest BCUT2D eigenvalue weighted by molar-refractivity contribution is 5.75. The van der Waals surface area contributed by atoms with Crippen molar-refractivity contribution >= 4 is 5.91 Å². The molecule has 0 aliphatic rings. The molecule has 0 heterocycles. The van der Waals surface area contributed by atoms with Crippen molar-refractivity contribution in [1.82, 2.24) is 5.32 Å². The van der Waals surface area contributed by atoms with Crippen LogP contribution in [0.3, 0.4) is 0 Å². The summed E-state index contributed by atoms with van der Waals surface area (Å²) in [5, 5.41) is 2.73.